The summed E-state index contributed by atoms with van der Waals surface area (Å²) in [6, 6.07) is 1.28. The summed E-state index contributed by atoms with van der Waals surface area (Å²) < 4.78 is 6.79. The lowest BCUT2D eigenvalue weighted by Crippen LogP contribution is -2.42. The Kier molecular flexibility index (Phi) is 2.22. The molecular weight excluding hydrogens is 228 g/mol. The summed E-state index contributed by atoms with van der Waals surface area (Å²) in [6.45, 7) is -0.280. The van der Waals surface area contributed by atoms with Crippen molar-refractivity contribution in [2.24, 2.45) is 0 Å². The van der Waals surface area contributed by atoms with Gasteiger partial charge in [0.15, 0.2) is 0 Å². The molecule has 3 rings (SSSR count). The Morgan fingerprint density at radius 2 is 2.29 bits per heavy atom. The van der Waals surface area contributed by atoms with Gasteiger partial charge in [-0.3, -0.25) is 14.3 Å². The van der Waals surface area contributed by atoms with Gasteiger partial charge >= 0.3 is 5.69 Å². The van der Waals surface area contributed by atoms with Crippen molar-refractivity contribution in [3.63, 3.8) is 0 Å². The average molecular weight is 240 g/mol. The summed E-state index contributed by atoms with van der Waals surface area (Å²) in [4.78, 5) is 25.1. The number of H-pyrrole nitrogens is 1. The third-order valence-corrected chi connectivity index (χ3v) is 3.40. The highest BCUT2D eigenvalue weighted by Gasteiger charge is 2.46. The minimum Gasteiger partial charge on any atom is -0.396 e. The molecule has 2 bridgehead atoms. The van der Waals surface area contributed by atoms with E-state index in [0.29, 0.717) is 12.1 Å². The topological polar surface area (TPSA) is 105 Å². The maximum absolute atomic E-state index is 11.7. The third kappa shape index (κ3) is 1.40. The highest BCUT2D eigenvalue weighted by molar-refractivity contribution is 5.17. The number of aromatic amines is 1. The predicted molar refractivity (Wildman–Crippen MR) is 55.7 cm³/mol. The van der Waals surface area contributed by atoms with E-state index in [0.717, 1.165) is 0 Å². The Balaban J connectivity index is 2.25. The molecule has 0 aliphatic carbocycles. The first-order chi connectivity index (χ1) is 8.11. The molecule has 7 heteroatoms. The van der Waals surface area contributed by atoms with Crippen LogP contribution < -0.4 is 11.2 Å². The zero-order valence-corrected chi connectivity index (χ0v) is 8.87. The van der Waals surface area contributed by atoms with Gasteiger partial charge in [-0.1, -0.05) is 0 Å². The average Bonchev–Trinajstić information content (AvgIpc) is 2.56. The van der Waals surface area contributed by atoms with Crippen molar-refractivity contribution in [2.45, 2.75) is 30.8 Å². The molecule has 7 nitrogen and oxygen atoms in total. The summed E-state index contributed by atoms with van der Waals surface area (Å²) >= 11 is 0. The van der Waals surface area contributed by atoms with Gasteiger partial charge in [0, 0.05) is 18.2 Å². The molecule has 0 saturated carbocycles. The molecule has 4 atom stereocenters. The number of aromatic nitrogens is 2. The van der Waals surface area contributed by atoms with E-state index in [9.17, 15) is 19.8 Å². The second kappa shape index (κ2) is 3.52. The van der Waals surface area contributed by atoms with Crippen LogP contribution in [0.4, 0.5) is 0 Å². The molecule has 0 spiro atoms. The van der Waals surface area contributed by atoms with Crippen molar-refractivity contribution in [3.05, 3.63) is 32.6 Å². The SMILES string of the molecule is O=c1cc2n(c(=O)[nH]1)[C@H]1C[C@H](O)[C@H](O1)[C@@H]2CO. The lowest BCUT2D eigenvalue weighted by molar-refractivity contribution is -0.0666. The molecule has 0 aromatic carbocycles. The van der Waals surface area contributed by atoms with E-state index in [2.05, 4.69) is 4.98 Å². The van der Waals surface area contributed by atoms with Gasteiger partial charge in [0.25, 0.3) is 5.56 Å². The lowest BCUT2D eigenvalue weighted by atomic mass is 9.96. The van der Waals surface area contributed by atoms with Gasteiger partial charge in [-0.2, -0.15) is 0 Å². The zero-order chi connectivity index (χ0) is 12.2. The zero-order valence-electron chi connectivity index (χ0n) is 8.87. The Hall–Kier alpha value is -1.44. The van der Waals surface area contributed by atoms with Crippen molar-refractivity contribution < 1.29 is 14.9 Å². The Morgan fingerprint density at radius 3 is 3.00 bits per heavy atom. The number of fused-ring (bicyclic) bond motifs is 4. The molecule has 0 radical (unpaired) electrons. The van der Waals surface area contributed by atoms with E-state index in [-0.39, 0.29) is 6.61 Å². The van der Waals surface area contributed by atoms with Gasteiger partial charge in [0.1, 0.15) is 6.23 Å². The number of hydrogen-bond acceptors (Lipinski definition) is 5. The molecule has 1 saturated heterocycles. The van der Waals surface area contributed by atoms with Crippen molar-refractivity contribution >= 4 is 0 Å². The summed E-state index contributed by atoms with van der Waals surface area (Å²) in [5.74, 6) is -0.543. The highest BCUT2D eigenvalue weighted by Crippen LogP contribution is 2.41. The van der Waals surface area contributed by atoms with Crippen LogP contribution in [0.5, 0.6) is 0 Å². The van der Waals surface area contributed by atoms with E-state index < -0.39 is 35.6 Å². The van der Waals surface area contributed by atoms with Crippen LogP contribution in [0.15, 0.2) is 15.7 Å². The third-order valence-electron chi connectivity index (χ3n) is 3.40. The first-order valence-electron chi connectivity index (χ1n) is 5.42. The number of hydrogen-bond donors (Lipinski definition) is 3. The van der Waals surface area contributed by atoms with Crippen LogP contribution in [0, 0.1) is 0 Å². The van der Waals surface area contributed by atoms with Gasteiger partial charge in [0.2, 0.25) is 0 Å². The monoisotopic (exact) mass is 240 g/mol. The van der Waals surface area contributed by atoms with Gasteiger partial charge < -0.3 is 14.9 Å². The normalized spacial score (nSPS) is 34.7. The Morgan fingerprint density at radius 1 is 1.53 bits per heavy atom. The molecule has 1 aromatic heterocycles. The van der Waals surface area contributed by atoms with E-state index in [1.165, 1.54) is 10.6 Å². The molecule has 1 fully saturated rings. The number of nitrogens with zero attached hydrogens (tertiary/aromatic N) is 1. The fraction of sp³-hybridized carbons (Fsp3) is 0.600. The molecule has 0 amide bonds. The predicted octanol–water partition coefficient (Wildman–Crippen LogP) is -1.73. The lowest BCUT2D eigenvalue weighted by Gasteiger charge is -2.31. The summed E-state index contributed by atoms with van der Waals surface area (Å²) in [7, 11) is 0. The molecule has 3 heterocycles. The summed E-state index contributed by atoms with van der Waals surface area (Å²) in [6.07, 6.45) is -1.55. The fourth-order valence-electron chi connectivity index (χ4n) is 2.67. The molecule has 1 aromatic rings. The van der Waals surface area contributed by atoms with Crippen LogP contribution in [0.1, 0.15) is 24.3 Å². The molecule has 3 N–H and O–H groups in total. The standard InChI is InChI=1S/C10H12N2O5/c13-3-4-5-1-7(15)11-10(16)12(5)8-2-6(14)9(4)17-8/h1,4,6,8-9,13-14H,2-3H2,(H,11,15,16)/t4-,6+,8-,9-/m1/s1. The number of aliphatic hydroxyl groups is 2. The molecule has 2 aliphatic heterocycles. The maximum atomic E-state index is 11.7. The van der Waals surface area contributed by atoms with E-state index in [1.54, 1.807) is 0 Å². The maximum Gasteiger partial charge on any atom is 0.330 e. The summed E-state index contributed by atoms with van der Waals surface area (Å²) in [5.41, 5.74) is -0.641. The van der Waals surface area contributed by atoms with Crippen LogP contribution in [-0.4, -0.2) is 38.6 Å². The van der Waals surface area contributed by atoms with Crippen LogP contribution >= 0.6 is 0 Å². The first-order valence-corrected chi connectivity index (χ1v) is 5.42. The molecular formula is C10H12N2O5. The second-order valence-corrected chi connectivity index (χ2v) is 4.38. The van der Waals surface area contributed by atoms with Crippen molar-refractivity contribution in [2.75, 3.05) is 6.61 Å². The smallest absolute Gasteiger partial charge is 0.330 e. The molecule has 92 valence electrons. The molecule has 0 unspecified atom stereocenters. The Labute approximate surface area is 95.3 Å². The molecule has 2 aliphatic rings. The number of rotatable bonds is 1. The fourth-order valence-corrected chi connectivity index (χ4v) is 2.67. The number of aliphatic hydroxyl groups excluding tert-OH is 2. The van der Waals surface area contributed by atoms with Gasteiger partial charge in [-0.25, -0.2) is 4.79 Å². The van der Waals surface area contributed by atoms with E-state index in [1.807, 2.05) is 0 Å². The van der Waals surface area contributed by atoms with Crippen molar-refractivity contribution in [1.29, 1.82) is 0 Å². The molecule has 17 heavy (non-hydrogen) atoms. The van der Waals surface area contributed by atoms with Gasteiger partial charge in [-0.15, -0.1) is 0 Å². The minimum absolute atomic E-state index is 0.280. The Bertz CT molecular complexity index is 563. The summed E-state index contributed by atoms with van der Waals surface area (Å²) in [5, 5.41) is 19.1. The quantitative estimate of drug-likeness (QED) is 0.541. The first kappa shape index (κ1) is 10.7. The number of ether oxygens (including phenoxy) is 1. The van der Waals surface area contributed by atoms with Crippen LogP contribution in [0.3, 0.4) is 0 Å². The van der Waals surface area contributed by atoms with E-state index >= 15 is 0 Å². The second-order valence-electron chi connectivity index (χ2n) is 4.38. The van der Waals surface area contributed by atoms with Crippen LogP contribution in [0.25, 0.3) is 0 Å². The van der Waals surface area contributed by atoms with Crippen molar-refractivity contribution in [3.8, 4) is 0 Å². The largest absolute Gasteiger partial charge is 0.396 e. The van der Waals surface area contributed by atoms with Crippen LogP contribution in [-0.2, 0) is 4.74 Å². The van der Waals surface area contributed by atoms with Gasteiger partial charge in [0.05, 0.1) is 24.7 Å². The van der Waals surface area contributed by atoms with Crippen LogP contribution in [0.2, 0.25) is 0 Å². The van der Waals surface area contributed by atoms with E-state index in [4.69, 9.17) is 4.74 Å². The minimum atomic E-state index is -0.730. The number of nitrogens with one attached hydrogen (secondary N) is 1. The van der Waals surface area contributed by atoms with Crippen molar-refractivity contribution in [1.82, 2.24) is 9.55 Å². The highest BCUT2D eigenvalue weighted by atomic mass is 16.5. The van der Waals surface area contributed by atoms with Gasteiger partial charge in [-0.05, 0) is 0 Å².